The lowest BCUT2D eigenvalue weighted by molar-refractivity contribution is -0.118. The van der Waals surface area contributed by atoms with Gasteiger partial charge in [0.25, 0.3) is 0 Å². The summed E-state index contributed by atoms with van der Waals surface area (Å²) < 4.78 is 0. The molecular weight excluding hydrogens is 274 g/mol. The van der Waals surface area contributed by atoms with E-state index in [0.717, 1.165) is 0 Å². The van der Waals surface area contributed by atoms with Crippen molar-refractivity contribution in [1.82, 2.24) is 10.6 Å². The molecule has 1 aromatic carbocycles. The van der Waals surface area contributed by atoms with Gasteiger partial charge in [0.1, 0.15) is 0 Å². The van der Waals surface area contributed by atoms with Crippen LogP contribution in [-0.4, -0.2) is 29.6 Å². The first-order valence-corrected chi connectivity index (χ1v) is 6.61. The Kier molecular flexibility index (Phi) is 6.73. The molecule has 21 heavy (non-hydrogen) atoms. The van der Waals surface area contributed by atoms with Gasteiger partial charge in [-0.15, -0.1) is 0 Å². The molecule has 0 aromatic heterocycles. The zero-order chi connectivity index (χ0) is 15.7. The first-order chi connectivity index (χ1) is 9.99. The average Bonchev–Trinajstić information content (AvgIpc) is 2.44. The van der Waals surface area contributed by atoms with E-state index in [0.29, 0.717) is 31.4 Å². The number of hydrogen-bond donors (Lipinski definition) is 4. The first kappa shape index (κ1) is 16.5. The fraction of sp³-hybridized carbons (Fsp3) is 0.357. The fourth-order valence-corrected chi connectivity index (χ4v) is 1.69. The van der Waals surface area contributed by atoms with Crippen molar-refractivity contribution in [3.8, 4) is 0 Å². The lowest BCUT2D eigenvalue weighted by atomic mass is 10.1. The SMILES string of the molecule is NC(=O)CCCCNC(=O)NCc1cccc(C(=O)O)c1. The van der Waals surface area contributed by atoms with Gasteiger partial charge < -0.3 is 21.5 Å². The van der Waals surface area contributed by atoms with Gasteiger partial charge in [0.15, 0.2) is 0 Å². The van der Waals surface area contributed by atoms with E-state index in [4.69, 9.17) is 10.8 Å². The largest absolute Gasteiger partial charge is 0.478 e. The molecule has 0 heterocycles. The summed E-state index contributed by atoms with van der Waals surface area (Å²) in [4.78, 5) is 32.8. The summed E-state index contributed by atoms with van der Waals surface area (Å²) in [7, 11) is 0. The summed E-state index contributed by atoms with van der Waals surface area (Å²) in [5, 5.41) is 14.1. The zero-order valence-electron chi connectivity index (χ0n) is 11.6. The quantitative estimate of drug-likeness (QED) is 0.530. The van der Waals surface area contributed by atoms with Crippen molar-refractivity contribution in [2.45, 2.75) is 25.8 Å². The van der Waals surface area contributed by atoms with E-state index in [-0.39, 0.29) is 24.0 Å². The van der Waals surface area contributed by atoms with Crippen LogP contribution in [0, 0.1) is 0 Å². The first-order valence-electron chi connectivity index (χ1n) is 6.61. The van der Waals surface area contributed by atoms with Gasteiger partial charge in [-0.1, -0.05) is 12.1 Å². The van der Waals surface area contributed by atoms with Gasteiger partial charge in [0.05, 0.1) is 5.56 Å². The van der Waals surface area contributed by atoms with Crippen LogP contribution < -0.4 is 16.4 Å². The standard InChI is InChI=1S/C14H19N3O4/c15-12(18)6-1-2-7-16-14(21)17-9-10-4-3-5-11(8-10)13(19)20/h3-5,8H,1-2,6-7,9H2,(H2,15,18)(H,19,20)(H2,16,17,21). The van der Waals surface area contributed by atoms with Crippen LogP contribution >= 0.6 is 0 Å². The molecule has 7 nitrogen and oxygen atoms in total. The van der Waals surface area contributed by atoms with Gasteiger partial charge in [-0.25, -0.2) is 9.59 Å². The minimum Gasteiger partial charge on any atom is -0.478 e. The molecule has 1 aromatic rings. The maximum atomic E-state index is 11.5. The van der Waals surface area contributed by atoms with Crippen LogP contribution in [0.4, 0.5) is 4.79 Å². The number of primary amides is 1. The molecule has 3 amide bonds. The molecule has 0 unspecified atom stereocenters. The molecule has 0 aliphatic heterocycles. The van der Waals surface area contributed by atoms with E-state index in [2.05, 4.69) is 10.6 Å². The molecule has 0 atom stereocenters. The third-order valence-electron chi connectivity index (χ3n) is 2.76. The van der Waals surface area contributed by atoms with Crippen LogP contribution in [0.25, 0.3) is 0 Å². The second-order valence-corrected chi connectivity index (χ2v) is 4.54. The highest BCUT2D eigenvalue weighted by molar-refractivity contribution is 5.87. The fourth-order valence-electron chi connectivity index (χ4n) is 1.69. The lowest BCUT2D eigenvalue weighted by Gasteiger charge is -2.08. The van der Waals surface area contributed by atoms with E-state index in [9.17, 15) is 14.4 Å². The summed E-state index contributed by atoms with van der Waals surface area (Å²) in [6.07, 6.45) is 1.62. The van der Waals surface area contributed by atoms with Crippen molar-refractivity contribution in [3.05, 3.63) is 35.4 Å². The number of carboxylic acid groups (broad SMARTS) is 1. The number of amides is 3. The molecular formula is C14H19N3O4. The van der Waals surface area contributed by atoms with Gasteiger partial charge in [-0.05, 0) is 30.5 Å². The summed E-state index contributed by atoms with van der Waals surface area (Å²) in [6.45, 7) is 0.697. The number of nitrogens with two attached hydrogens (primary N) is 1. The second-order valence-electron chi connectivity index (χ2n) is 4.54. The summed E-state index contributed by atoms with van der Waals surface area (Å²) in [5.74, 6) is -1.35. The third kappa shape index (κ3) is 6.95. The van der Waals surface area contributed by atoms with Gasteiger partial charge in [0.2, 0.25) is 5.91 Å². The Balaban J connectivity index is 2.25. The minimum atomic E-state index is -1.00. The Morgan fingerprint density at radius 2 is 1.90 bits per heavy atom. The highest BCUT2D eigenvalue weighted by Gasteiger charge is 2.04. The Morgan fingerprint density at radius 1 is 1.14 bits per heavy atom. The van der Waals surface area contributed by atoms with Crippen molar-refractivity contribution in [2.24, 2.45) is 5.73 Å². The maximum Gasteiger partial charge on any atom is 0.335 e. The van der Waals surface area contributed by atoms with Crippen molar-refractivity contribution < 1.29 is 19.5 Å². The number of carbonyl (C=O) groups excluding carboxylic acids is 2. The molecule has 0 spiro atoms. The van der Waals surface area contributed by atoms with Crippen LogP contribution in [-0.2, 0) is 11.3 Å². The molecule has 7 heteroatoms. The minimum absolute atomic E-state index is 0.182. The van der Waals surface area contributed by atoms with Crippen LogP contribution in [0.15, 0.2) is 24.3 Å². The van der Waals surface area contributed by atoms with E-state index in [1.807, 2.05) is 0 Å². The number of nitrogens with one attached hydrogen (secondary N) is 2. The lowest BCUT2D eigenvalue weighted by Crippen LogP contribution is -2.35. The topological polar surface area (TPSA) is 122 Å². The number of benzene rings is 1. The summed E-state index contributed by atoms with van der Waals surface area (Å²) in [6, 6.07) is 6.02. The van der Waals surface area contributed by atoms with Crippen LogP contribution in [0.3, 0.4) is 0 Å². The van der Waals surface area contributed by atoms with E-state index >= 15 is 0 Å². The van der Waals surface area contributed by atoms with Gasteiger partial charge in [-0.3, -0.25) is 4.79 Å². The molecule has 0 fully saturated rings. The van der Waals surface area contributed by atoms with Crippen LogP contribution in [0.5, 0.6) is 0 Å². The van der Waals surface area contributed by atoms with E-state index < -0.39 is 5.97 Å². The van der Waals surface area contributed by atoms with Crippen molar-refractivity contribution in [3.63, 3.8) is 0 Å². The predicted octanol–water partition coefficient (Wildman–Crippen LogP) is 0.840. The predicted molar refractivity (Wildman–Crippen MR) is 76.7 cm³/mol. The third-order valence-corrected chi connectivity index (χ3v) is 2.76. The molecule has 0 saturated heterocycles. The van der Waals surface area contributed by atoms with Gasteiger partial charge in [-0.2, -0.15) is 0 Å². The normalized spacial score (nSPS) is 9.90. The molecule has 1 rings (SSSR count). The number of rotatable bonds is 8. The Hall–Kier alpha value is -2.57. The zero-order valence-corrected chi connectivity index (χ0v) is 11.6. The summed E-state index contributed by atoms with van der Waals surface area (Å²) >= 11 is 0. The Bertz CT molecular complexity index is 517. The number of unbranched alkanes of at least 4 members (excludes halogenated alkanes) is 1. The second kappa shape index (κ2) is 8.57. The Labute approximate surface area is 122 Å². The Morgan fingerprint density at radius 3 is 2.57 bits per heavy atom. The average molecular weight is 293 g/mol. The highest BCUT2D eigenvalue weighted by atomic mass is 16.4. The molecule has 0 aliphatic carbocycles. The highest BCUT2D eigenvalue weighted by Crippen LogP contribution is 2.04. The van der Waals surface area contributed by atoms with Crippen molar-refractivity contribution >= 4 is 17.9 Å². The smallest absolute Gasteiger partial charge is 0.335 e. The molecule has 0 aliphatic rings. The van der Waals surface area contributed by atoms with E-state index in [1.54, 1.807) is 12.1 Å². The van der Waals surface area contributed by atoms with E-state index in [1.165, 1.54) is 12.1 Å². The number of hydrogen-bond acceptors (Lipinski definition) is 3. The number of carboxylic acids is 1. The number of urea groups is 1. The van der Waals surface area contributed by atoms with Crippen molar-refractivity contribution in [1.29, 1.82) is 0 Å². The maximum absolute atomic E-state index is 11.5. The molecule has 5 N–H and O–H groups in total. The number of carbonyl (C=O) groups is 3. The number of aromatic carboxylic acids is 1. The summed E-state index contributed by atoms with van der Waals surface area (Å²) in [5.41, 5.74) is 5.89. The molecule has 0 radical (unpaired) electrons. The van der Waals surface area contributed by atoms with Gasteiger partial charge in [0, 0.05) is 19.5 Å². The molecule has 0 saturated carbocycles. The van der Waals surface area contributed by atoms with Crippen LogP contribution in [0.2, 0.25) is 0 Å². The van der Waals surface area contributed by atoms with Crippen LogP contribution in [0.1, 0.15) is 35.2 Å². The van der Waals surface area contributed by atoms with Gasteiger partial charge >= 0.3 is 12.0 Å². The van der Waals surface area contributed by atoms with Crippen molar-refractivity contribution in [2.75, 3.05) is 6.54 Å². The molecule has 114 valence electrons. The molecule has 0 bridgehead atoms. The monoisotopic (exact) mass is 293 g/mol.